The van der Waals surface area contributed by atoms with Crippen molar-refractivity contribution < 1.29 is 19.4 Å². The molecule has 0 aromatic carbocycles. The Bertz CT molecular complexity index is 537. The third kappa shape index (κ3) is 5.68. The second-order valence-electron chi connectivity index (χ2n) is 4.64. The van der Waals surface area contributed by atoms with E-state index in [0.29, 0.717) is 13.0 Å². The lowest BCUT2D eigenvalue weighted by Crippen LogP contribution is -2.41. The van der Waals surface area contributed by atoms with Crippen LogP contribution in [0.1, 0.15) is 25.0 Å². The number of hydrogen-bond donors (Lipinski definition) is 2. The topological polar surface area (TPSA) is 97.6 Å². The monoisotopic (exact) mass is 316 g/mol. The van der Waals surface area contributed by atoms with Crippen molar-refractivity contribution in [2.75, 3.05) is 13.7 Å². The molecule has 21 heavy (non-hydrogen) atoms. The number of ether oxygens (including phenoxy) is 1. The van der Waals surface area contributed by atoms with Gasteiger partial charge in [-0.1, -0.05) is 11.3 Å². The van der Waals surface area contributed by atoms with E-state index < -0.39 is 12.0 Å². The molecule has 1 atom stereocenters. The Morgan fingerprint density at radius 2 is 2.24 bits per heavy atom. The van der Waals surface area contributed by atoms with Crippen molar-refractivity contribution in [3.05, 3.63) is 20.7 Å². The van der Waals surface area contributed by atoms with E-state index in [1.165, 1.54) is 7.11 Å². The zero-order chi connectivity index (χ0) is 15.8. The molecule has 0 saturated carbocycles. The zero-order valence-electron chi connectivity index (χ0n) is 12.1. The van der Waals surface area contributed by atoms with Gasteiger partial charge >= 0.3 is 10.8 Å². The van der Waals surface area contributed by atoms with Gasteiger partial charge in [0.1, 0.15) is 6.04 Å². The minimum Gasteiger partial charge on any atom is -0.480 e. The maximum absolute atomic E-state index is 11.7. The molecule has 0 aliphatic carbocycles. The summed E-state index contributed by atoms with van der Waals surface area (Å²) in [5.74, 6) is -1.41. The van der Waals surface area contributed by atoms with E-state index in [9.17, 15) is 14.4 Å². The summed E-state index contributed by atoms with van der Waals surface area (Å²) in [6.45, 7) is 2.56. The Kier molecular flexibility index (Phi) is 7.10. The number of aromatic nitrogens is 1. The fourth-order valence-corrected chi connectivity index (χ4v) is 2.59. The predicted octanol–water partition coefficient (Wildman–Crippen LogP) is 0.604. The molecule has 0 fully saturated rings. The highest BCUT2D eigenvalue weighted by atomic mass is 32.1. The van der Waals surface area contributed by atoms with Crippen LogP contribution in [0, 0.1) is 6.92 Å². The molecule has 0 saturated heterocycles. The lowest BCUT2D eigenvalue weighted by molar-refractivity contribution is -0.142. The van der Waals surface area contributed by atoms with Crippen LogP contribution < -0.4 is 10.2 Å². The standard InChI is InChI=1S/C13H20N2O5S/c1-9-8-21-13(19)15(9)6-3-4-11(16)14-10(12(17)18)5-7-20-2/h8,10H,3-7H2,1-2H3,(H,14,16)(H,17,18). The lowest BCUT2D eigenvalue weighted by Gasteiger charge is -2.14. The van der Waals surface area contributed by atoms with Gasteiger partial charge in [-0.3, -0.25) is 9.59 Å². The van der Waals surface area contributed by atoms with E-state index in [1.807, 2.05) is 6.92 Å². The molecular weight excluding hydrogens is 296 g/mol. The molecular formula is C13H20N2O5S. The number of amides is 1. The second kappa shape index (κ2) is 8.58. The summed E-state index contributed by atoms with van der Waals surface area (Å²) in [5, 5.41) is 13.2. The van der Waals surface area contributed by atoms with Gasteiger partial charge < -0.3 is 19.7 Å². The normalized spacial score (nSPS) is 12.1. The largest absolute Gasteiger partial charge is 0.480 e. The van der Waals surface area contributed by atoms with Crippen molar-refractivity contribution in [1.82, 2.24) is 9.88 Å². The minimum atomic E-state index is -1.08. The molecule has 8 heteroatoms. The Balaban J connectivity index is 2.39. The van der Waals surface area contributed by atoms with Gasteiger partial charge in [0.2, 0.25) is 5.91 Å². The summed E-state index contributed by atoms with van der Waals surface area (Å²) >= 11 is 1.13. The fraction of sp³-hybridized carbons (Fsp3) is 0.615. The number of aryl methyl sites for hydroxylation is 1. The molecule has 0 spiro atoms. The number of aliphatic carboxylic acids is 1. The van der Waals surface area contributed by atoms with Crippen LogP contribution in [0.2, 0.25) is 0 Å². The summed E-state index contributed by atoms with van der Waals surface area (Å²) in [6.07, 6.45) is 0.888. The number of carbonyl (C=O) groups excluding carboxylic acids is 1. The van der Waals surface area contributed by atoms with Crippen molar-refractivity contribution in [3.8, 4) is 0 Å². The van der Waals surface area contributed by atoms with E-state index in [0.717, 1.165) is 17.0 Å². The first-order chi connectivity index (χ1) is 9.95. The number of methoxy groups -OCH3 is 1. The second-order valence-corrected chi connectivity index (χ2v) is 5.46. The SMILES string of the molecule is COCCC(NC(=O)CCCn1c(C)csc1=O)C(=O)O. The van der Waals surface area contributed by atoms with Crippen molar-refractivity contribution in [2.24, 2.45) is 0 Å². The van der Waals surface area contributed by atoms with Crippen LogP contribution in [0.3, 0.4) is 0 Å². The molecule has 1 aromatic rings. The highest BCUT2D eigenvalue weighted by molar-refractivity contribution is 7.07. The summed E-state index contributed by atoms with van der Waals surface area (Å²) in [4.78, 5) is 34.1. The molecule has 1 heterocycles. The highest BCUT2D eigenvalue weighted by Crippen LogP contribution is 2.03. The first kappa shape index (κ1) is 17.4. The van der Waals surface area contributed by atoms with Gasteiger partial charge in [-0.05, 0) is 13.3 Å². The third-order valence-corrected chi connectivity index (χ3v) is 3.89. The maximum atomic E-state index is 11.7. The molecule has 1 aromatic heterocycles. The van der Waals surface area contributed by atoms with Crippen LogP contribution in [0.15, 0.2) is 10.2 Å². The number of nitrogens with zero attached hydrogens (tertiary/aromatic N) is 1. The molecule has 0 bridgehead atoms. The summed E-state index contributed by atoms with van der Waals surface area (Å²) in [7, 11) is 1.47. The van der Waals surface area contributed by atoms with Crippen LogP contribution in [0.25, 0.3) is 0 Å². The molecule has 1 amide bonds. The van der Waals surface area contributed by atoms with Crippen molar-refractivity contribution >= 4 is 23.2 Å². The van der Waals surface area contributed by atoms with E-state index >= 15 is 0 Å². The number of thiazole rings is 1. The van der Waals surface area contributed by atoms with Crippen LogP contribution in [0.5, 0.6) is 0 Å². The summed E-state index contributed by atoms with van der Waals surface area (Å²) < 4.78 is 6.42. The van der Waals surface area contributed by atoms with Gasteiger partial charge in [0.05, 0.1) is 0 Å². The molecule has 2 N–H and O–H groups in total. The van der Waals surface area contributed by atoms with Gasteiger partial charge in [-0.15, -0.1) is 0 Å². The van der Waals surface area contributed by atoms with E-state index in [4.69, 9.17) is 9.84 Å². The average Bonchev–Trinajstić information content (AvgIpc) is 2.74. The van der Waals surface area contributed by atoms with Gasteiger partial charge in [0.25, 0.3) is 0 Å². The van der Waals surface area contributed by atoms with Gasteiger partial charge in [0, 0.05) is 44.2 Å². The molecule has 118 valence electrons. The smallest absolute Gasteiger partial charge is 0.326 e. The van der Waals surface area contributed by atoms with Crippen LogP contribution in [-0.2, 0) is 20.9 Å². The Hall–Kier alpha value is -1.67. The number of carboxylic acid groups (broad SMARTS) is 1. The van der Waals surface area contributed by atoms with E-state index in [2.05, 4.69) is 5.32 Å². The highest BCUT2D eigenvalue weighted by Gasteiger charge is 2.19. The van der Waals surface area contributed by atoms with Crippen molar-refractivity contribution in [1.29, 1.82) is 0 Å². The Morgan fingerprint density at radius 1 is 1.52 bits per heavy atom. The van der Waals surface area contributed by atoms with Gasteiger partial charge in [-0.2, -0.15) is 0 Å². The molecule has 1 unspecified atom stereocenters. The van der Waals surface area contributed by atoms with Gasteiger partial charge in [-0.25, -0.2) is 4.79 Å². The number of hydrogen-bond acceptors (Lipinski definition) is 5. The predicted molar refractivity (Wildman–Crippen MR) is 78.6 cm³/mol. The third-order valence-electron chi connectivity index (χ3n) is 3.01. The van der Waals surface area contributed by atoms with Crippen LogP contribution in [-0.4, -0.2) is 41.3 Å². The lowest BCUT2D eigenvalue weighted by atomic mass is 10.2. The van der Waals surface area contributed by atoms with E-state index in [1.54, 1.807) is 9.95 Å². The van der Waals surface area contributed by atoms with Gasteiger partial charge in [0.15, 0.2) is 0 Å². The molecule has 0 aliphatic rings. The Morgan fingerprint density at radius 3 is 2.76 bits per heavy atom. The summed E-state index contributed by atoms with van der Waals surface area (Å²) in [6, 6.07) is -0.942. The van der Waals surface area contributed by atoms with Crippen LogP contribution >= 0.6 is 11.3 Å². The van der Waals surface area contributed by atoms with Crippen LogP contribution in [0.4, 0.5) is 0 Å². The fourth-order valence-electron chi connectivity index (χ4n) is 1.83. The molecule has 0 aliphatic heterocycles. The number of carboxylic acids is 1. The zero-order valence-corrected chi connectivity index (χ0v) is 12.9. The number of carbonyl (C=O) groups is 2. The molecule has 1 rings (SSSR count). The quantitative estimate of drug-likeness (QED) is 0.695. The van der Waals surface area contributed by atoms with Crippen molar-refractivity contribution in [3.63, 3.8) is 0 Å². The maximum Gasteiger partial charge on any atom is 0.326 e. The first-order valence-electron chi connectivity index (χ1n) is 6.61. The molecule has 7 nitrogen and oxygen atoms in total. The number of nitrogens with one attached hydrogen (secondary N) is 1. The Labute approximate surface area is 126 Å². The molecule has 0 radical (unpaired) electrons. The van der Waals surface area contributed by atoms with E-state index in [-0.39, 0.29) is 30.2 Å². The minimum absolute atomic E-state index is 0.0450. The first-order valence-corrected chi connectivity index (χ1v) is 7.49. The van der Waals surface area contributed by atoms with Crippen molar-refractivity contribution in [2.45, 2.75) is 38.8 Å². The number of rotatable bonds is 9. The average molecular weight is 316 g/mol. The summed E-state index contributed by atoms with van der Waals surface area (Å²) in [5.41, 5.74) is 0.869.